The minimum Gasteiger partial charge on any atom is -0.508 e. The van der Waals surface area contributed by atoms with Crippen LogP contribution in [-0.4, -0.2) is 15.3 Å². The van der Waals surface area contributed by atoms with Gasteiger partial charge in [-0.15, -0.1) is 0 Å². The monoisotopic (exact) mass is 258 g/mol. The lowest BCUT2D eigenvalue weighted by Gasteiger charge is -2.15. The molecule has 0 aliphatic carbocycles. The molecule has 3 N–H and O–H groups in total. The molecule has 2 aromatic rings. The van der Waals surface area contributed by atoms with Gasteiger partial charge in [-0.2, -0.15) is 0 Å². The van der Waals surface area contributed by atoms with Crippen molar-refractivity contribution in [3.8, 4) is 28.4 Å². The SMILES string of the molecule is CCc1cc(O)cc(-c2cc(O)ccc2O)c1CC. The molecule has 2 aromatic carbocycles. The minimum atomic E-state index is 0.0937. The van der Waals surface area contributed by atoms with E-state index in [1.54, 1.807) is 12.1 Å². The van der Waals surface area contributed by atoms with E-state index in [9.17, 15) is 15.3 Å². The van der Waals surface area contributed by atoms with Crippen LogP contribution in [-0.2, 0) is 12.8 Å². The van der Waals surface area contributed by atoms with Crippen LogP contribution in [0.2, 0.25) is 0 Å². The van der Waals surface area contributed by atoms with Crippen molar-refractivity contribution in [3.63, 3.8) is 0 Å². The number of hydrogen-bond acceptors (Lipinski definition) is 3. The second-order valence-corrected chi connectivity index (χ2v) is 4.54. The molecule has 0 radical (unpaired) electrons. The molecule has 0 saturated heterocycles. The number of phenols is 3. The van der Waals surface area contributed by atoms with Gasteiger partial charge in [-0.1, -0.05) is 13.8 Å². The molecule has 0 atom stereocenters. The quantitative estimate of drug-likeness (QED) is 0.737. The predicted molar refractivity (Wildman–Crippen MR) is 75.6 cm³/mol. The van der Waals surface area contributed by atoms with Crippen molar-refractivity contribution < 1.29 is 15.3 Å². The average molecular weight is 258 g/mol. The highest BCUT2D eigenvalue weighted by Gasteiger charge is 2.13. The van der Waals surface area contributed by atoms with Crippen LogP contribution in [0.5, 0.6) is 17.2 Å². The van der Waals surface area contributed by atoms with E-state index in [0.717, 1.165) is 29.5 Å². The molecule has 0 fully saturated rings. The molecule has 0 unspecified atom stereocenters. The second-order valence-electron chi connectivity index (χ2n) is 4.54. The maximum atomic E-state index is 9.97. The van der Waals surface area contributed by atoms with E-state index in [0.29, 0.717) is 5.56 Å². The number of benzene rings is 2. The topological polar surface area (TPSA) is 60.7 Å². The smallest absolute Gasteiger partial charge is 0.123 e. The number of phenolic OH excluding ortho intramolecular Hbond substituents is 3. The molecule has 3 heteroatoms. The van der Waals surface area contributed by atoms with Gasteiger partial charge in [0.1, 0.15) is 17.2 Å². The van der Waals surface area contributed by atoms with E-state index in [2.05, 4.69) is 0 Å². The van der Waals surface area contributed by atoms with Gasteiger partial charge in [0.25, 0.3) is 0 Å². The van der Waals surface area contributed by atoms with E-state index < -0.39 is 0 Å². The van der Waals surface area contributed by atoms with Crippen LogP contribution in [0.4, 0.5) is 0 Å². The molecule has 0 amide bonds. The first-order chi connectivity index (χ1) is 9.06. The minimum absolute atomic E-state index is 0.0937. The third-order valence-electron chi connectivity index (χ3n) is 3.33. The Morgan fingerprint density at radius 2 is 1.47 bits per heavy atom. The van der Waals surface area contributed by atoms with Gasteiger partial charge in [-0.3, -0.25) is 0 Å². The Morgan fingerprint density at radius 3 is 2.11 bits per heavy atom. The largest absolute Gasteiger partial charge is 0.508 e. The fourth-order valence-electron chi connectivity index (χ4n) is 2.43. The van der Waals surface area contributed by atoms with Crippen LogP contribution in [0.25, 0.3) is 11.1 Å². The lowest BCUT2D eigenvalue weighted by molar-refractivity contribution is 0.461. The van der Waals surface area contributed by atoms with Crippen molar-refractivity contribution in [2.45, 2.75) is 26.7 Å². The summed E-state index contributed by atoms with van der Waals surface area (Å²) >= 11 is 0. The molecule has 2 rings (SSSR count). The zero-order chi connectivity index (χ0) is 14.0. The lowest BCUT2D eigenvalue weighted by atomic mass is 9.91. The molecule has 0 aliphatic heterocycles. The highest BCUT2D eigenvalue weighted by molar-refractivity contribution is 5.76. The summed E-state index contributed by atoms with van der Waals surface area (Å²) in [5.41, 5.74) is 3.46. The van der Waals surface area contributed by atoms with Crippen molar-refractivity contribution in [1.29, 1.82) is 0 Å². The summed E-state index contributed by atoms with van der Waals surface area (Å²) in [7, 11) is 0. The third kappa shape index (κ3) is 2.50. The molecule has 3 nitrogen and oxygen atoms in total. The molecule has 0 aliphatic rings. The van der Waals surface area contributed by atoms with Gasteiger partial charge in [0.2, 0.25) is 0 Å². The first-order valence-electron chi connectivity index (χ1n) is 6.43. The summed E-state index contributed by atoms with van der Waals surface area (Å²) in [4.78, 5) is 0. The number of hydrogen-bond donors (Lipinski definition) is 3. The Balaban J connectivity index is 2.73. The summed E-state index contributed by atoms with van der Waals surface area (Å²) < 4.78 is 0. The number of aromatic hydroxyl groups is 3. The molecule has 0 heterocycles. The van der Waals surface area contributed by atoms with Gasteiger partial charge >= 0.3 is 0 Å². The summed E-state index contributed by atoms with van der Waals surface area (Å²) in [5, 5.41) is 29.4. The van der Waals surface area contributed by atoms with Crippen LogP contribution in [0.3, 0.4) is 0 Å². The fourth-order valence-corrected chi connectivity index (χ4v) is 2.43. The van der Waals surface area contributed by atoms with E-state index >= 15 is 0 Å². The zero-order valence-electron chi connectivity index (χ0n) is 11.1. The molecule has 19 heavy (non-hydrogen) atoms. The van der Waals surface area contributed by atoms with E-state index in [1.165, 1.54) is 18.2 Å². The highest BCUT2D eigenvalue weighted by atomic mass is 16.3. The highest BCUT2D eigenvalue weighted by Crippen LogP contribution is 2.38. The van der Waals surface area contributed by atoms with Crippen LogP contribution in [0.1, 0.15) is 25.0 Å². The van der Waals surface area contributed by atoms with Gasteiger partial charge < -0.3 is 15.3 Å². The van der Waals surface area contributed by atoms with Crippen molar-refractivity contribution in [2.75, 3.05) is 0 Å². The molecular weight excluding hydrogens is 240 g/mol. The second kappa shape index (κ2) is 5.22. The Hall–Kier alpha value is -2.16. The molecule has 100 valence electrons. The maximum absolute atomic E-state index is 9.97. The van der Waals surface area contributed by atoms with Gasteiger partial charge in [0.05, 0.1) is 0 Å². The van der Waals surface area contributed by atoms with Crippen LogP contribution in [0.15, 0.2) is 30.3 Å². The van der Waals surface area contributed by atoms with Crippen molar-refractivity contribution >= 4 is 0 Å². The third-order valence-corrected chi connectivity index (χ3v) is 3.33. The fraction of sp³-hybridized carbons (Fsp3) is 0.250. The van der Waals surface area contributed by atoms with Gasteiger partial charge in [0.15, 0.2) is 0 Å². The molecular formula is C16H18O3. The standard InChI is InChI=1S/C16H18O3/c1-3-10-7-12(18)9-14(13(10)4-2)15-8-11(17)5-6-16(15)19/h5-9,17-19H,3-4H2,1-2H3. The van der Waals surface area contributed by atoms with Crippen molar-refractivity contribution in [3.05, 3.63) is 41.5 Å². The summed E-state index contributed by atoms with van der Waals surface area (Å²) in [5.74, 6) is 0.364. The van der Waals surface area contributed by atoms with E-state index in [1.807, 2.05) is 13.8 Å². The van der Waals surface area contributed by atoms with Crippen molar-refractivity contribution in [1.82, 2.24) is 0 Å². The number of aryl methyl sites for hydroxylation is 1. The van der Waals surface area contributed by atoms with Gasteiger partial charge in [0, 0.05) is 5.56 Å². The maximum Gasteiger partial charge on any atom is 0.123 e. The summed E-state index contributed by atoms with van der Waals surface area (Å²) in [6.45, 7) is 4.06. The molecule has 0 saturated carbocycles. The molecule has 0 spiro atoms. The Morgan fingerprint density at radius 1 is 0.789 bits per heavy atom. The first kappa shape index (κ1) is 13.3. The summed E-state index contributed by atoms with van der Waals surface area (Å²) in [6.07, 6.45) is 1.61. The van der Waals surface area contributed by atoms with E-state index in [-0.39, 0.29) is 17.2 Å². The molecule has 0 bridgehead atoms. The first-order valence-corrected chi connectivity index (χ1v) is 6.43. The van der Waals surface area contributed by atoms with Crippen molar-refractivity contribution in [2.24, 2.45) is 0 Å². The Kier molecular flexibility index (Phi) is 3.65. The normalized spacial score (nSPS) is 10.6. The van der Waals surface area contributed by atoms with Crippen LogP contribution in [0, 0.1) is 0 Å². The average Bonchev–Trinajstić information content (AvgIpc) is 2.40. The van der Waals surface area contributed by atoms with Gasteiger partial charge in [-0.25, -0.2) is 0 Å². The zero-order valence-corrected chi connectivity index (χ0v) is 11.1. The van der Waals surface area contributed by atoms with Crippen LogP contribution < -0.4 is 0 Å². The number of rotatable bonds is 3. The lowest BCUT2D eigenvalue weighted by Crippen LogP contribution is -1.95. The Labute approximate surface area is 112 Å². The van der Waals surface area contributed by atoms with E-state index in [4.69, 9.17) is 0 Å². The summed E-state index contributed by atoms with van der Waals surface area (Å²) in [6, 6.07) is 7.80. The van der Waals surface area contributed by atoms with Gasteiger partial charge in [-0.05, 0) is 59.9 Å². The molecule has 0 aromatic heterocycles. The Bertz CT molecular complexity index is 603. The predicted octanol–water partition coefficient (Wildman–Crippen LogP) is 3.60. The van der Waals surface area contributed by atoms with Crippen LogP contribution >= 0.6 is 0 Å².